The second-order valence-electron chi connectivity index (χ2n) is 13.4. The van der Waals surface area contributed by atoms with E-state index in [0.717, 1.165) is 31.5 Å². The molecule has 1 aromatic heterocycles. The second kappa shape index (κ2) is 15.1. The molecule has 1 saturated heterocycles. The second-order valence-corrected chi connectivity index (χ2v) is 13.4. The fourth-order valence-corrected chi connectivity index (χ4v) is 5.68. The predicted octanol–water partition coefficient (Wildman–Crippen LogP) is 3.98. The molecule has 2 heterocycles. The third-order valence-corrected chi connectivity index (χ3v) is 8.65. The molecular formula is C34H48N4O6. The molecule has 2 aliphatic rings. The van der Waals surface area contributed by atoms with Crippen molar-refractivity contribution >= 4 is 23.4 Å². The number of hydrogen-bond donors (Lipinski definition) is 2. The lowest BCUT2D eigenvalue weighted by Crippen LogP contribution is -2.49. The Hall–Kier alpha value is -3.37. The van der Waals surface area contributed by atoms with Gasteiger partial charge >= 0.3 is 0 Å². The van der Waals surface area contributed by atoms with Gasteiger partial charge in [-0.3, -0.25) is 24.1 Å². The Morgan fingerprint density at radius 1 is 1.00 bits per heavy atom. The number of amides is 2. The summed E-state index contributed by atoms with van der Waals surface area (Å²) < 4.78 is 10.8. The van der Waals surface area contributed by atoms with Gasteiger partial charge in [0.2, 0.25) is 5.91 Å². The molecule has 10 nitrogen and oxygen atoms in total. The van der Waals surface area contributed by atoms with Gasteiger partial charge in [0.1, 0.15) is 0 Å². The number of nitrogens with one attached hydrogen (secondary N) is 2. The summed E-state index contributed by atoms with van der Waals surface area (Å²) in [4.78, 5) is 56.2. The lowest BCUT2D eigenvalue weighted by Gasteiger charge is -2.27. The maximum absolute atomic E-state index is 13.8. The van der Waals surface area contributed by atoms with Crippen LogP contribution in [-0.2, 0) is 32.1 Å². The molecule has 4 rings (SSSR count). The maximum atomic E-state index is 13.8. The molecule has 1 aliphatic carbocycles. The summed E-state index contributed by atoms with van der Waals surface area (Å²) in [5, 5.41) is 9.81. The van der Waals surface area contributed by atoms with Crippen LogP contribution in [0, 0.1) is 23.2 Å². The molecule has 240 valence electrons. The van der Waals surface area contributed by atoms with Crippen LogP contribution in [-0.4, -0.2) is 71.8 Å². The molecule has 10 heteroatoms. The summed E-state index contributed by atoms with van der Waals surface area (Å²) in [6.07, 6.45) is 2.47. The van der Waals surface area contributed by atoms with Crippen LogP contribution >= 0.6 is 0 Å². The first-order valence-corrected chi connectivity index (χ1v) is 15.9. The quantitative estimate of drug-likeness (QED) is 0.293. The Kier molecular flexibility index (Phi) is 11.5. The van der Waals surface area contributed by atoms with E-state index in [4.69, 9.17) is 9.26 Å². The van der Waals surface area contributed by atoms with Crippen molar-refractivity contribution in [3.8, 4) is 0 Å². The van der Waals surface area contributed by atoms with E-state index in [1.165, 1.54) is 0 Å². The number of benzene rings is 1. The van der Waals surface area contributed by atoms with Gasteiger partial charge in [-0.05, 0) is 43.1 Å². The minimum atomic E-state index is -0.827. The molecule has 2 fully saturated rings. The van der Waals surface area contributed by atoms with Gasteiger partial charge in [0.05, 0.1) is 31.8 Å². The van der Waals surface area contributed by atoms with Crippen molar-refractivity contribution in [2.24, 2.45) is 23.2 Å². The minimum absolute atomic E-state index is 0.0669. The Morgan fingerprint density at radius 3 is 2.30 bits per heavy atom. The number of aromatic nitrogens is 1. The molecular weight excluding hydrogens is 560 g/mol. The van der Waals surface area contributed by atoms with Crippen molar-refractivity contribution in [1.82, 2.24) is 20.7 Å². The molecule has 2 aromatic rings. The van der Waals surface area contributed by atoms with E-state index in [1.54, 1.807) is 6.07 Å². The maximum Gasteiger partial charge on any atom is 0.274 e. The van der Waals surface area contributed by atoms with Crippen molar-refractivity contribution in [2.75, 3.05) is 26.3 Å². The van der Waals surface area contributed by atoms with Crippen molar-refractivity contribution in [2.45, 2.75) is 85.4 Å². The zero-order valence-corrected chi connectivity index (χ0v) is 26.8. The van der Waals surface area contributed by atoms with E-state index in [9.17, 15) is 19.2 Å². The van der Waals surface area contributed by atoms with Crippen LogP contribution in [0.3, 0.4) is 0 Å². The summed E-state index contributed by atoms with van der Waals surface area (Å²) in [7, 11) is 0. The van der Waals surface area contributed by atoms with E-state index in [-0.39, 0.29) is 46.8 Å². The number of morpholine rings is 1. The summed E-state index contributed by atoms with van der Waals surface area (Å²) in [5.74, 6) is -1.15. The minimum Gasteiger partial charge on any atom is -0.379 e. The van der Waals surface area contributed by atoms with Crippen LogP contribution in [0.4, 0.5) is 0 Å². The van der Waals surface area contributed by atoms with Crippen LogP contribution in [0.2, 0.25) is 0 Å². The molecule has 0 unspecified atom stereocenters. The van der Waals surface area contributed by atoms with Crippen molar-refractivity contribution in [3.63, 3.8) is 0 Å². The number of nitrogens with zero attached hydrogens (tertiary/aromatic N) is 2. The first-order chi connectivity index (χ1) is 20.9. The topological polar surface area (TPSA) is 131 Å². The standard InChI is InChI=1S/C34H48N4O6/c1-22(2)17-27(31(40)34(5)11-12-34)35-32(41)25(18-24-9-7-6-8-10-24)19-29(39)30(23(3)4)36-33(42)28-20-26(44-37-28)21-38-13-15-43-16-14-38/h6-10,20,22-23,25,27,30H,11-19,21H2,1-5H3,(H,35,41)(H,36,42)/t25-,27+,30+/m1/s1. The lowest BCUT2D eigenvalue weighted by atomic mass is 9.87. The van der Waals surface area contributed by atoms with Gasteiger partial charge in [0, 0.05) is 36.9 Å². The number of carbonyl (C=O) groups is 4. The highest BCUT2D eigenvalue weighted by atomic mass is 16.5. The largest absolute Gasteiger partial charge is 0.379 e. The predicted molar refractivity (Wildman–Crippen MR) is 166 cm³/mol. The molecule has 2 N–H and O–H groups in total. The smallest absolute Gasteiger partial charge is 0.274 e. The third kappa shape index (κ3) is 9.32. The average molecular weight is 609 g/mol. The van der Waals surface area contributed by atoms with E-state index < -0.39 is 23.9 Å². The molecule has 1 aliphatic heterocycles. The van der Waals surface area contributed by atoms with Crippen LogP contribution in [0.1, 0.15) is 82.1 Å². The van der Waals surface area contributed by atoms with E-state index >= 15 is 0 Å². The molecule has 1 aromatic carbocycles. The van der Waals surface area contributed by atoms with Crippen LogP contribution in [0.15, 0.2) is 40.9 Å². The van der Waals surface area contributed by atoms with Crippen molar-refractivity contribution in [1.29, 1.82) is 0 Å². The molecule has 0 bridgehead atoms. The van der Waals surface area contributed by atoms with E-state index in [0.29, 0.717) is 38.4 Å². The Balaban J connectivity index is 1.45. The number of rotatable bonds is 16. The van der Waals surface area contributed by atoms with Gasteiger partial charge in [-0.2, -0.15) is 0 Å². The molecule has 2 amide bonds. The SMILES string of the molecule is CC(C)C[C@H](NC(=O)[C@@H](CC(=O)[C@@H](NC(=O)c1cc(CN2CCOCC2)on1)C(C)C)Cc1ccccc1)C(=O)C1(C)CC1. The first-order valence-electron chi connectivity index (χ1n) is 15.9. The van der Waals surface area contributed by atoms with Crippen LogP contribution < -0.4 is 10.6 Å². The van der Waals surface area contributed by atoms with Gasteiger partial charge in [-0.15, -0.1) is 0 Å². The summed E-state index contributed by atoms with van der Waals surface area (Å²) in [5.41, 5.74) is 0.643. The van der Waals surface area contributed by atoms with Crippen molar-refractivity contribution in [3.05, 3.63) is 53.4 Å². The molecule has 1 saturated carbocycles. The van der Waals surface area contributed by atoms with Crippen LogP contribution in [0.25, 0.3) is 0 Å². The van der Waals surface area contributed by atoms with Gasteiger partial charge in [-0.1, -0.05) is 70.1 Å². The van der Waals surface area contributed by atoms with Crippen molar-refractivity contribution < 1.29 is 28.4 Å². The summed E-state index contributed by atoms with van der Waals surface area (Å²) >= 11 is 0. The molecule has 0 radical (unpaired) electrons. The number of carbonyl (C=O) groups excluding carboxylic acids is 4. The Morgan fingerprint density at radius 2 is 1.68 bits per heavy atom. The van der Waals surface area contributed by atoms with E-state index in [1.807, 2.05) is 65.0 Å². The number of Topliss-reactive ketones (excluding diaryl/α,β-unsaturated/α-hetero) is 2. The van der Waals surface area contributed by atoms with Gasteiger partial charge in [0.25, 0.3) is 5.91 Å². The number of ketones is 2. The number of hydrogen-bond acceptors (Lipinski definition) is 8. The normalized spacial score (nSPS) is 18.4. The van der Waals surface area contributed by atoms with E-state index in [2.05, 4.69) is 20.7 Å². The van der Waals surface area contributed by atoms with Gasteiger partial charge in [-0.25, -0.2) is 0 Å². The Bertz CT molecular complexity index is 1280. The highest BCUT2D eigenvalue weighted by Crippen LogP contribution is 2.47. The zero-order valence-electron chi connectivity index (χ0n) is 26.8. The average Bonchev–Trinajstić information content (AvgIpc) is 3.57. The highest BCUT2D eigenvalue weighted by molar-refractivity contribution is 5.99. The molecule has 3 atom stereocenters. The highest BCUT2D eigenvalue weighted by Gasteiger charge is 2.48. The zero-order chi connectivity index (χ0) is 31.9. The summed E-state index contributed by atoms with van der Waals surface area (Å²) in [6.45, 7) is 13.1. The monoisotopic (exact) mass is 608 g/mol. The first kappa shape index (κ1) is 33.5. The van der Waals surface area contributed by atoms with Gasteiger partial charge in [0.15, 0.2) is 23.0 Å². The van der Waals surface area contributed by atoms with Gasteiger partial charge < -0.3 is 19.9 Å². The fourth-order valence-electron chi connectivity index (χ4n) is 5.68. The molecule has 44 heavy (non-hydrogen) atoms. The Labute approximate surface area is 260 Å². The number of ether oxygens (including phenoxy) is 1. The lowest BCUT2D eigenvalue weighted by molar-refractivity contribution is -0.134. The summed E-state index contributed by atoms with van der Waals surface area (Å²) in [6, 6.07) is 9.72. The fraction of sp³-hybridized carbons (Fsp3) is 0.618. The third-order valence-electron chi connectivity index (χ3n) is 8.65. The molecule has 0 spiro atoms. The van der Waals surface area contributed by atoms with Crippen LogP contribution in [0.5, 0.6) is 0 Å².